The highest BCUT2D eigenvalue weighted by molar-refractivity contribution is 6.30. The Kier molecular flexibility index (Phi) is 18.0. The van der Waals surface area contributed by atoms with E-state index in [0.29, 0.717) is 54.8 Å². The van der Waals surface area contributed by atoms with Gasteiger partial charge < -0.3 is 38.5 Å². The Labute approximate surface area is 372 Å². The number of nitrogens with zero attached hydrogens (tertiary/aromatic N) is 3. The summed E-state index contributed by atoms with van der Waals surface area (Å²) in [6.07, 6.45) is 4.30. The van der Waals surface area contributed by atoms with Gasteiger partial charge in [0.25, 0.3) is 0 Å². The molecular formula is C45H49Cl2N11O5. The lowest BCUT2D eigenvalue weighted by Crippen LogP contribution is -2.22. The summed E-state index contributed by atoms with van der Waals surface area (Å²) in [5, 5.41) is 44.0. The molecule has 3 heterocycles. The van der Waals surface area contributed by atoms with Crippen LogP contribution < -0.4 is 28.3 Å². The number of aromatic amines is 3. The average molecular weight is 895 g/mol. The lowest BCUT2D eigenvalue weighted by atomic mass is 10.1. The number of halogens is 2. The fraction of sp³-hybridized carbons (Fsp3) is 0.156. The van der Waals surface area contributed by atoms with Gasteiger partial charge in [-0.05, 0) is 107 Å². The molecule has 328 valence electrons. The van der Waals surface area contributed by atoms with E-state index < -0.39 is 11.9 Å². The molecule has 0 spiro atoms. The molecule has 16 nitrogen and oxygen atoms in total. The Morgan fingerprint density at radius 3 is 1.57 bits per heavy atom. The third kappa shape index (κ3) is 14.9. The first-order valence-corrected chi connectivity index (χ1v) is 19.8. The van der Waals surface area contributed by atoms with Crippen LogP contribution in [0.2, 0.25) is 10.0 Å². The van der Waals surface area contributed by atoms with Crippen LogP contribution >= 0.6 is 23.2 Å². The first-order valence-electron chi connectivity index (χ1n) is 19.0. The minimum Gasteiger partial charge on any atom is -0.481 e. The van der Waals surface area contributed by atoms with Crippen molar-refractivity contribution in [2.75, 3.05) is 17.2 Å². The number of benzene rings is 5. The lowest BCUT2D eigenvalue weighted by molar-refractivity contribution is -0.137. The number of aliphatic carboxylic acids is 2. The Hall–Kier alpha value is -7.40. The maximum Gasteiger partial charge on any atom is 0.328 e. The number of H-pyrrole nitrogens is 3. The molecule has 0 saturated carbocycles. The maximum absolute atomic E-state index is 12.0. The van der Waals surface area contributed by atoms with Gasteiger partial charge in [-0.25, -0.2) is 4.79 Å². The van der Waals surface area contributed by atoms with Crippen molar-refractivity contribution in [3.63, 3.8) is 0 Å². The zero-order valence-corrected chi connectivity index (χ0v) is 34.8. The van der Waals surface area contributed by atoms with Crippen LogP contribution in [0.5, 0.6) is 0 Å². The molecule has 0 atom stereocenters. The third-order valence-electron chi connectivity index (χ3n) is 9.12. The number of nitrogens with one attached hydrogen (secondary N) is 4. The van der Waals surface area contributed by atoms with Gasteiger partial charge in [-0.2, -0.15) is 15.3 Å². The van der Waals surface area contributed by atoms with Crippen molar-refractivity contribution in [3.8, 4) is 0 Å². The molecule has 3 aromatic heterocycles. The molecule has 63 heavy (non-hydrogen) atoms. The summed E-state index contributed by atoms with van der Waals surface area (Å²) in [4.78, 5) is 32.7. The highest BCUT2D eigenvalue weighted by Crippen LogP contribution is 2.22. The van der Waals surface area contributed by atoms with Gasteiger partial charge in [-0.1, -0.05) is 73.1 Å². The summed E-state index contributed by atoms with van der Waals surface area (Å²) < 4.78 is 0. The molecule has 0 fully saturated rings. The number of anilines is 3. The molecule has 8 aromatic rings. The lowest BCUT2D eigenvalue weighted by Gasteiger charge is -2.06. The van der Waals surface area contributed by atoms with E-state index in [1.807, 2.05) is 84.9 Å². The van der Waals surface area contributed by atoms with E-state index in [1.54, 1.807) is 18.2 Å². The summed E-state index contributed by atoms with van der Waals surface area (Å²) in [7, 11) is 0. The number of nitrogens with two attached hydrogens (primary N) is 4. The number of carbonyl (C=O) groups is 3. The van der Waals surface area contributed by atoms with Crippen molar-refractivity contribution in [3.05, 3.63) is 147 Å². The van der Waals surface area contributed by atoms with Crippen LogP contribution in [0.1, 0.15) is 48.1 Å². The fourth-order valence-electron chi connectivity index (χ4n) is 5.91. The van der Waals surface area contributed by atoms with Gasteiger partial charge in [0.05, 0.1) is 16.6 Å². The van der Waals surface area contributed by atoms with Gasteiger partial charge in [-0.15, -0.1) is 0 Å². The number of amides is 1. The van der Waals surface area contributed by atoms with Crippen LogP contribution in [0.4, 0.5) is 17.5 Å². The topological polar surface area (TPSA) is 294 Å². The van der Waals surface area contributed by atoms with Crippen LogP contribution in [0.25, 0.3) is 38.8 Å². The number of fused-ring (bicyclic) bond motifs is 3. The quantitative estimate of drug-likeness (QED) is 0.0555. The van der Waals surface area contributed by atoms with E-state index in [9.17, 15) is 14.4 Å². The molecule has 0 radical (unpaired) electrons. The van der Waals surface area contributed by atoms with Crippen LogP contribution in [0.3, 0.4) is 0 Å². The number of hydrogen-bond acceptors (Lipinski definition) is 10. The Morgan fingerprint density at radius 1 is 0.619 bits per heavy atom. The zero-order valence-electron chi connectivity index (χ0n) is 33.2. The van der Waals surface area contributed by atoms with Crippen molar-refractivity contribution in [2.24, 2.45) is 5.73 Å². The smallest absolute Gasteiger partial charge is 0.328 e. The Balaban J connectivity index is 0.000000192. The largest absolute Gasteiger partial charge is 0.481 e. The van der Waals surface area contributed by atoms with Gasteiger partial charge in [-0.3, -0.25) is 24.9 Å². The van der Waals surface area contributed by atoms with Crippen molar-refractivity contribution in [2.45, 2.75) is 46.2 Å². The highest BCUT2D eigenvalue weighted by atomic mass is 35.5. The second-order valence-corrected chi connectivity index (χ2v) is 14.6. The van der Waals surface area contributed by atoms with E-state index in [2.05, 4.69) is 35.9 Å². The Bertz CT molecular complexity index is 2820. The van der Waals surface area contributed by atoms with Crippen molar-refractivity contribution < 1.29 is 24.6 Å². The number of nitrogen functional groups attached to an aromatic ring is 3. The molecule has 0 saturated heterocycles. The third-order valence-corrected chi connectivity index (χ3v) is 9.59. The van der Waals surface area contributed by atoms with Crippen molar-refractivity contribution >= 4 is 97.3 Å². The number of carboxylic acids is 2. The van der Waals surface area contributed by atoms with E-state index in [0.717, 1.165) is 71.6 Å². The van der Waals surface area contributed by atoms with Gasteiger partial charge >= 0.3 is 11.9 Å². The molecule has 0 aliphatic carbocycles. The van der Waals surface area contributed by atoms with Crippen molar-refractivity contribution in [1.29, 1.82) is 0 Å². The van der Waals surface area contributed by atoms with E-state index in [1.165, 1.54) is 6.08 Å². The molecule has 0 bridgehead atoms. The van der Waals surface area contributed by atoms with E-state index in [4.69, 9.17) is 56.3 Å². The molecule has 18 heteroatoms. The van der Waals surface area contributed by atoms with Crippen LogP contribution in [0.15, 0.2) is 109 Å². The number of aromatic nitrogens is 6. The average Bonchev–Trinajstić information content (AvgIpc) is 3.96. The molecule has 1 amide bonds. The molecule has 14 N–H and O–H groups in total. The number of rotatable bonds is 11. The maximum atomic E-state index is 12.0. The molecule has 8 rings (SSSR count). The number of carbonyl (C=O) groups excluding carboxylic acids is 1. The van der Waals surface area contributed by atoms with Crippen LogP contribution in [-0.4, -0.2) is 58.7 Å². The Morgan fingerprint density at radius 2 is 1.10 bits per heavy atom. The number of hydrogen-bond donors (Lipinski definition) is 10. The summed E-state index contributed by atoms with van der Waals surface area (Å²) in [5.74, 6) is -0.430. The van der Waals surface area contributed by atoms with E-state index in [-0.39, 0.29) is 19.8 Å². The van der Waals surface area contributed by atoms with Gasteiger partial charge in [0.15, 0.2) is 17.5 Å². The fourth-order valence-corrected chi connectivity index (χ4v) is 6.33. The summed E-state index contributed by atoms with van der Waals surface area (Å²) >= 11 is 11.6. The van der Waals surface area contributed by atoms with Gasteiger partial charge in [0.2, 0.25) is 5.91 Å². The van der Waals surface area contributed by atoms with Gasteiger partial charge in [0, 0.05) is 58.2 Å². The monoisotopic (exact) mass is 893 g/mol. The molecular weight excluding hydrogens is 845 g/mol. The molecule has 0 aliphatic heterocycles. The second-order valence-electron chi connectivity index (χ2n) is 13.7. The van der Waals surface area contributed by atoms with Crippen LogP contribution in [0, 0.1) is 0 Å². The predicted octanol–water partition coefficient (Wildman–Crippen LogP) is 7.89. The number of aryl methyl sites for hydroxylation is 2. The van der Waals surface area contributed by atoms with E-state index >= 15 is 0 Å². The first kappa shape index (κ1) is 48.3. The summed E-state index contributed by atoms with van der Waals surface area (Å²) in [6.45, 7) is 1.04. The van der Waals surface area contributed by atoms with Crippen molar-refractivity contribution in [1.82, 2.24) is 35.9 Å². The highest BCUT2D eigenvalue weighted by Gasteiger charge is 2.08. The molecule has 0 unspecified atom stereocenters. The zero-order chi connectivity index (χ0) is 44.6. The first-order chi connectivity index (χ1) is 29.8. The molecule has 0 aliphatic rings. The minimum atomic E-state index is -0.977. The van der Waals surface area contributed by atoms with Gasteiger partial charge in [0.1, 0.15) is 0 Å². The standard InChI is InChI=1S/C17H17ClN4O.C10H11N3O2.C10H9N3O2.C7H8ClN.CH4/c18-13-3-1-2-12(8-13)10-20-16(23)7-5-11-4-6-15-14(9-11)17(19)22-21-15;2*11-10-7-5-6(2-4-9(14)15)1-3-8(7)12-13-10;8-7-3-1-2-6(4-7)5-9;/h1-4,6,8-9H,5,7,10H2,(H,20,23)(H3,19,21,22);1,3,5H,2,4H2,(H,14,15)(H3,11,12,13);1-5H,(H,14,15)(H3,11,12,13);1-4H,5,9H2;1H4/b;;4-2+;;. The predicted molar refractivity (Wildman–Crippen MR) is 252 cm³/mol. The SMILES string of the molecule is C.NCc1cccc(Cl)c1.Nc1n[nH]c2ccc(/C=C/C(=O)O)cc12.Nc1n[nH]c2ccc(CCC(=O)NCc3cccc(Cl)c3)cc12.Nc1n[nH]c2ccc(CCC(=O)O)cc12. The molecule has 5 aromatic carbocycles. The summed E-state index contributed by atoms with van der Waals surface area (Å²) in [5.41, 5.74) is 29.9. The second kappa shape index (κ2) is 23.6. The normalized spacial score (nSPS) is 10.5. The number of carboxylic acid groups (broad SMARTS) is 2. The van der Waals surface area contributed by atoms with Crippen LogP contribution in [-0.2, 0) is 40.3 Å². The summed E-state index contributed by atoms with van der Waals surface area (Å²) in [6, 6.07) is 31.9. The minimum absolute atomic E-state index is 0.